The van der Waals surface area contributed by atoms with Gasteiger partial charge in [0.05, 0.1) is 16.8 Å². The van der Waals surface area contributed by atoms with Crippen LogP contribution >= 0.6 is 15.9 Å². The molecule has 0 unspecified atom stereocenters. The fourth-order valence-electron chi connectivity index (χ4n) is 3.93. The van der Waals surface area contributed by atoms with Crippen molar-refractivity contribution in [3.63, 3.8) is 0 Å². The van der Waals surface area contributed by atoms with Gasteiger partial charge in [-0.05, 0) is 48.2 Å². The molecule has 0 spiro atoms. The predicted octanol–water partition coefficient (Wildman–Crippen LogP) is 6.58. The number of carbonyl (C=O) groups excluding carboxylic acids is 2. The molecule has 0 atom stereocenters. The number of nitrogens with one attached hydrogen (secondary N) is 1. The number of esters is 1. The van der Waals surface area contributed by atoms with Gasteiger partial charge in [-0.3, -0.25) is 4.79 Å². The Bertz CT molecular complexity index is 1340. The van der Waals surface area contributed by atoms with Crippen LogP contribution in [0, 0.1) is 0 Å². The minimum atomic E-state index is -0.565. The summed E-state index contributed by atoms with van der Waals surface area (Å²) in [5.41, 5.74) is 5.49. The molecule has 1 N–H and O–H groups in total. The van der Waals surface area contributed by atoms with Crippen molar-refractivity contribution in [3.8, 4) is 11.3 Å². The van der Waals surface area contributed by atoms with Gasteiger partial charge >= 0.3 is 5.97 Å². The topological polar surface area (TPSA) is 68.3 Å². The van der Waals surface area contributed by atoms with Gasteiger partial charge in [-0.25, -0.2) is 9.78 Å². The first-order valence-electron chi connectivity index (χ1n) is 11.2. The standard InChI is InChI=1S/C28H25BrN2O3/c1-3-18-9-7-10-19(4-2)27(18)31-26(32)17-34-28(33)23-16-25(20-11-8-12-21(29)15-20)30-24-14-6-5-13-22(23)24/h5-16H,3-4,17H2,1-2H3,(H,31,32). The third kappa shape index (κ3) is 5.18. The van der Waals surface area contributed by atoms with Gasteiger partial charge < -0.3 is 10.1 Å². The molecule has 0 aliphatic carbocycles. The van der Waals surface area contributed by atoms with Crippen molar-refractivity contribution in [1.82, 2.24) is 4.98 Å². The van der Waals surface area contributed by atoms with Gasteiger partial charge in [0.15, 0.2) is 6.61 Å². The number of pyridine rings is 1. The minimum absolute atomic E-state index is 0.366. The van der Waals surface area contributed by atoms with Crippen molar-refractivity contribution in [2.45, 2.75) is 26.7 Å². The van der Waals surface area contributed by atoms with Crippen molar-refractivity contribution in [2.24, 2.45) is 0 Å². The number of amides is 1. The predicted molar refractivity (Wildman–Crippen MR) is 139 cm³/mol. The fourth-order valence-corrected chi connectivity index (χ4v) is 4.33. The molecule has 1 aromatic heterocycles. The zero-order valence-corrected chi connectivity index (χ0v) is 20.7. The maximum absolute atomic E-state index is 13.1. The number of anilines is 1. The molecule has 1 amide bonds. The van der Waals surface area contributed by atoms with Crippen LogP contribution in [-0.4, -0.2) is 23.5 Å². The zero-order chi connectivity index (χ0) is 24.1. The van der Waals surface area contributed by atoms with E-state index in [4.69, 9.17) is 9.72 Å². The summed E-state index contributed by atoms with van der Waals surface area (Å²) < 4.78 is 6.36. The highest BCUT2D eigenvalue weighted by Gasteiger charge is 2.17. The van der Waals surface area contributed by atoms with Crippen molar-refractivity contribution in [3.05, 3.63) is 94.0 Å². The van der Waals surface area contributed by atoms with E-state index < -0.39 is 5.97 Å². The summed E-state index contributed by atoms with van der Waals surface area (Å²) in [6, 6.07) is 22.8. The van der Waals surface area contributed by atoms with E-state index in [1.165, 1.54) is 0 Å². The Labute approximate surface area is 207 Å². The maximum Gasteiger partial charge on any atom is 0.339 e. The van der Waals surface area contributed by atoms with Crippen LogP contribution in [0.25, 0.3) is 22.2 Å². The maximum atomic E-state index is 13.1. The Balaban J connectivity index is 1.57. The molecule has 34 heavy (non-hydrogen) atoms. The lowest BCUT2D eigenvalue weighted by Gasteiger charge is -2.15. The number of aromatic nitrogens is 1. The molecule has 6 heteroatoms. The summed E-state index contributed by atoms with van der Waals surface area (Å²) in [6.07, 6.45) is 1.59. The lowest BCUT2D eigenvalue weighted by atomic mass is 10.0. The number of para-hydroxylation sites is 2. The van der Waals surface area contributed by atoms with Crippen LogP contribution in [0.15, 0.2) is 77.3 Å². The molecule has 0 saturated carbocycles. The third-order valence-corrected chi connectivity index (χ3v) is 6.15. The largest absolute Gasteiger partial charge is 0.452 e. The highest BCUT2D eigenvalue weighted by Crippen LogP contribution is 2.27. The Morgan fingerprint density at radius 2 is 1.62 bits per heavy atom. The summed E-state index contributed by atoms with van der Waals surface area (Å²) in [7, 11) is 0. The molecule has 4 rings (SSSR count). The number of benzene rings is 3. The number of halogens is 1. The van der Waals surface area contributed by atoms with Crippen LogP contribution in [-0.2, 0) is 22.4 Å². The number of rotatable bonds is 7. The van der Waals surface area contributed by atoms with E-state index in [2.05, 4.69) is 21.2 Å². The third-order valence-electron chi connectivity index (χ3n) is 5.65. The van der Waals surface area contributed by atoms with Gasteiger partial charge in [-0.2, -0.15) is 0 Å². The lowest BCUT2D eigenvalue weighted by Crippen LogP contribution is -2.22. The highest BCUT2D eigenvalue weighted by atomic mass is 79.9. The van der Waals surface area contributed by atoms with Crippen molar-refractivity contribution < 1.29 is 14.3 Å². The summed E-state index contributed by atoms with van der Waals surface area (Å²) in [6.45, 7) is 3.71. The monoisotopic (exact) mass is 516 g/mol. The average molecular weight is 517 g/mol. The normalized spacial score (nSPS) is 10.8. The second-order valence-electron chi connectivity index (χ2n) is 7.87. The first-order valence-corrected chi connectivity index (χ1v) is 12.0. The average Bonchev–Trinajstić information content (AvgIpc) is 2.86. The van der Waals surface area contributed by atoms with Crippen LogP contribution < -0.4 is 5.32 Å². The Hall–Kier alpha value is -3.51. The van der Waals surface area contributed by atoms with E-state index in [0.29, 0.717) is 22.2 Å². The van der Waals surface area contributed by atoms with Gasteiger partial charge in [0.1, 0.15) is 0 Å². The molecule has 172 valence electrons. The van der Waals surface area contributed by atoms with E-state index in [9.17, 15) is 9.59 Å². The smallest absolute Gasteiger partial charge is 0.339 e. The number of aryl methyl sites for hydroxylation is 2. The van der Waals surface area contributed by atoms with Crippen LogP contribution in [0.5, 0.6) is 0 Å². The number of ether oxygens (including phenoxy) is 1. The van der Waals surface area contributed by atoms with Gasteiger partial charge in [0.25, 0.3) is 5.91 Å². The van der Waals surface area contributed by atoms with Gasteiger partial charge in [0.2, 0.25) is 0 Å². The lowest BCUT2D eigenvalue weighted by molar-refractivity contribution is -0.119. The number of hydrogen-bond donors (Lipinski definition) is 1. The van der Waals surface area contributed by atoms with Crippen LogP contribution in [0.4, 0.5) is 5.69 Å². The van der Waals surface area contributed by atoms with Crippen LogP contribution in [0.2, 0.25) is 0 Å². The molecule has 0 bridgehead atoms. The van der Waals surface area contributed by atoms with E-state index >= 15 is 0 Å². The van der Waals surface area contributed by atoms with Gasteiger partial charge in [-0.1, -0.05) is 78.3 Å². The van der Waals surface area contributed by atoms with Crippen LogP contribution in [0.3, 0.4) is 0 Å². The number of fused-ring (bicyclic) bond motifs is 1. The number of hydrogen-bond acceptors (Lipinski definition) is 4. The van der Waals surface area contributed by atoms with Gasteiger partial charge in [-0.15, -0.1) is 0 Å². The summed E-state index contributed by atoms with van der Waals surface area (Å²) in [5.74, 6) is -0.931. The first-order chi connectivity index (χ1) is 16.5. The highest BCUT2D eigenvalue weighted by molar-refractivity contribution is 9.10. The van der Waals surface area contributed by atoms with Crippen LogP contribution in [0.1, 0.15) is 35.3 Å². The molecule has 1 heterocycles. The molecule has 3 aromatic carbocycles. The van der Waals surface area contributed by atoms with E-state index in [1.54, 1.807) is 6.07 Å². The molecule has 5 nitrogen and oxygen atoms in total. The second kappa shape index (κ2) is 10.6. The van der Waals surface area contributed by atoms with Crippen molar-refractivity contribution >= 4 is 44.4 Å². The molecule has 0 radical (unpaired) electrons. The van der Waals surface area contributed by atoms with Crippen molar-refractivity contribution in [2.75, 3.05) is 11.9 Å². The van der Waals surface area contributed by atoms with E-state index in [1.807, 2.05) is 80.6 Å². The Morgan fingerprint density at radius 3 is 2.32 bits per heavy atom. The summed E-state index contributed by atoms with van der Waals surface area (Å²) in [4.78, 5) is 30.5. The molecule has 0 aliphatic rings. The van der Waals surface area contributed by atoms with Gasteiger partial charge in [0, 0.05) is 21.1 Å². The Morgan fingerprint density at radius 1 is 0.912 bits per heavy atom. The summed E-state index contributed by atoms with van der Waals surface area (Å²) in [5, 5.41) is 3.61. The first kappa shape index (κ1) is 23.6. The number of carbonyl (C=O) groups is 2. The molecule has 0 fully saturated rings. The molecule has 4 aromatic rings. The second-order valence-corrected chi connectivity index (χ2v) is 8.78. The molecule has 0 aliphatic heterocycles. The van der Waals surface area contributed by atoms with Crippen molar-refractivity contribution in [1.29, 1.82) is 0 Å². The zero-order valence-electron chi connectivity index (χ0n) is 19.1. The number of nitrogens with zero attached hydrogens (tertiary/aromatic N) is 1. The fraction of sp³-hybridized carbons (Fsp3) is 0.179. The minimum Gasteiger partial charge on any atom is -0.452 e. The molecule has 0 saturated heterocycles. The summed E-state index contributed by atoms with van der Waals surface area (Å²) >= 11 is 3.48. The quantitative estimate of drug-likeness (QED) is 0.281. The Kier molecular flexibility index (Phi) is 7.38. The molecular weight excluding hydrogens is 492 g/mol. The van der Waals surface area contributed by atoms with E-state index in [-0.39, 0.29) is 12.5 Å². The molecular formula is C28H25BrN2O3. The van der Waals surface area contributed by atoms with E-state index in [0.717, 1.165) is 39.7 Å². The SMILES string of the molecule is CCc1cccc(CC)c1NC(=O)COC(=O)c1cc(-c2cccc(Br)c2)nc2ccccc12.